The van der Waals surface area contributed by atoms with E-state index in [1.54, 1.807) is 0 Å². The van der Waals surface area contributed by atoms with Gasteiger partial charge in [-0.05, 0) is 36.2 Å². The molecule has 4 rings (SSSR count). The molecule has 0 radical (unpaired) electrons. The van der Waals surface area contributed by atoms with Gasteiger partial charge in [0.25, 0.3) is 5.91 Å². The molecule has 0 N–H and O–H groups in total. The Morgan fingerprint density at radius 1 is 0.933 bits per heavy atom. The minimum Gasteiger partial charge on any atom is -0.335 e. The van der Waals surface area contributed by atoms with Crippen LogP contribution in [0.5, 0.6) is 0 Å². The number of amides is 2. The van der Waals surface area contributed by atoms with Gasteiger partial charge in [0.15, 0.2) is 0 Å². The van der Waals surface area contributed by atoms with E-state index in [1.165, 1.54) is 10.6 Å². The first-order valence-electron chi connectivity index (χ1n) is 10.3. The lowest BCUT2D eigenvalue weighted by Gasteiger charge is -2.35. The summed E-state index contributed by atoms with van der Waals surface area (Å²) in [5.41, 5.74) is 2.49. The second-order valence-electron chi connectivity index (χ2n) is 7.60. The van der Waals surface area contributed by atoms with Crippen LogP contribution in [0.1, 0.15) is 18.4 Å². The van der Waals surface area contributed by atoms with Crippen LogP contribution in [-0.4, -0.2) is 60.0 Å². The van der Waals surface area contributed by atoms with Crippen LogP contribution in [-0.2, 0) is 16.0 Å². The lowest BCUT2D eigenvalue weighted by molar-refractivity contribution is -0.126. The van der Waals surface area contributed by atoms with E-state index in [0.29, 0.717) is 37.3 Å². The maximum absolute atomic E-state index is 13.0. The second kappa shape index (κ2) is 9.53. The summed E-state index contributed by atoms with van der Waals surface area (Å²) in [6.07, 6.45) is 1.72. The van der Waals surface area contributed by atoms with Gasteiger partial charge in [0.2, 0.25) is 5.91 Å². The number of nitrogens with zero attached hydrogens (tertiary/aromatic N) is 4. The van der Waals surface area contributed by atoms with Gasteiger partial charge < -0.3 is 4.90 Å². The Kier molecular flexibility index (Phi) is 6.59. The molecule has 30 heavy (non-hydrogen) atoms. The number of anilines is 1. The van der Waals surface area contributed by atoms with E-state index in [0.717, 1.165) is 30.5 Å². The van der Waals surface area contributed by atoms with Crippen molar-refractivity contribution in [2.45, 2.75) is 19.3 Å². The van der Waals surface area contributed by atoms with Gasteiger partial charge in [0, 0.05) is 50.0 Å². The van der Waals surface area contributed by atoms with Gasteiger partial charge in [0.1, 0.15) is 5.71 Å². The topological polar surface area (TPSA) is 56.2 Å². The molecule has 2 aromatic carbocycles. The molecule has 7 heteroatoms. The highest BCUT2D eigenvalue weighted by Crippen LogP contribution is 2.23. The molecular formula is C23H25BrN4O2. The number of carbonyl (C=O) groups is 2. The van der Waals surface area contributed by atoms with Crippen molar-refractivity contribution in [2.24, 2.45) is 5.10 Å². The van der Waals surface area contributed by atoms with Gasteiger partial charge in [0.05, 0.1) is 5.69 Å². The van der Waals surface area contributed by atoms with Gasteiger partial charge in [-0.3, -0.25) is 14.5 Å². The van der Waals surface area contributed by atoms with Crippen molar-refractivity contribution in [1.82, 2.24) is 9.80 Å². The van der Waals surface area contributed by atoms with Crippen LogP contribution < -0.4 is 5.01 Å². The molecule has 2 aliphatic rings. The van der Waals surface area contributed by atoms with E-state index >= 15 is 0 Å². The van der Waals surface area contributed by atoms with Gasteiger partial charge in [-0.25, -0.2) is 5.01 Å². The van der Waals surface area contributed by atoms with Gasteiger partial charge in [-0.1, -0.05) is 46.3 Å². The van der Waals surface area contributed by atoms with Gasteiger partial charge in [-0.15, -0.1) is 0 Å². The molecule has 0 atom stereocenters. The molecule has 0 aromatic heterocycles. The average Bonchev–Trinajstić information content (AvgIpc) is 2.79. The van der Waals surface area contributed by atoms with E-state index in [4.69, 9.17) is 0 Å². The van der Waals surface area contributed by atoms with E-state index in [1.807, 2.05) is 35.2 Å². The van der Waals surface area contributed by atoms with E-state index < -0.39 is 0 Å². The Hall–Kier alpha value is -2.51. The third-order valence-electron chi connectivity index (χ3n) is 5.57. The summed E-state index contributed by atoms with van der Waals surface area (Å²) in [6, 6.07) is 17.9. The minimum atomic E-state index is -0.0837. The lowest BCUT2D eigenvalue weighted by Crippen LogP contribution is -2.51. The quantitative estimate of drug-likeness (QED) is 0.676. The number of rotatable bonds is 5. The Balaban J connectivity index is 1.34. The summed E-state index contributed by atoms with van der Waals surface area (Å²) in [7, 11) is 0. The SMILES string of the molecule is O=C(C1=NN(c2ccc(Br)cc2)C(=O)CC1)N1CCN(CCc2ccccc2)CC1. The number of piperazine rings is 1. The van der Waals surface area contributed by atoms with Crippen LogP contribution >= 0.6 is 15.9 Å². The fourth-order valence-corrected chi connectivity index (χ4v) is 4.04. The van der Waals surface area contributed by atoms with Crippen molar-refractivity contribution in [3.05, 3.63) is 64.6 Å². The Labute approximate surface area is 185 Å². The zero-order chi connectivity index (χ0) is 20.9. The first kappa shape index (κ1) is 20.8. The summed E-state index contributed by atoms with van der Waals surface area (Å²) >= 11 is 3.40. The molecule has 2 aromatic rings. The average molecular weight is 469 g/mol. The van der Waals surface area contributed by atoms with Crippen molar-refractivity contribution < 1.29 is 9.59 Å². The number of halogens is 1. The van der Waals surface area contributed by atoms with Gasteiger partial charge in [-0.2, -0.15) is 5.10 Å². The van der Waals surface area contributed by atoms with Crippen molar-refractivity contribution in [3.63, 3.8) is 0 Å². The van der Waals surface area contributed by atoms with E-state index in [2.05, 4.69) is 50.2 Å². The fourth-order valence-electron chi connectivity index (χ4n) is 3.78. The van der Waals surface area contributed by atoms with Crippen molar-refractivity contribution in [2.75, 3.05) is 37.7 Å². The van der Waals surface area contributed by atoms with Crippen LogP contribution in [0.4, 0.5) is 5.69 Å². The minimum absolute atomic E-state index is 0.0488. The highest BCUT2D eigenvalue weighted by Gasteiger charge is 2.30. The summed E-state index contributed by atoms with van der Waals surface area (Å²) < 4.78 is 0.932. The normalized spacial score (nSPS) is 17.8. The third kappa shape index (κ3) is 4.96. The molecule has 2 amide bonds. The molecule has 2 heterocycles. The Morgan fingerprint density at radius 3 is 2.33 bits per heavy atom. The third-order valence-corrected chi connectivity index (χ3v) is 6.10. The number of hydrogen-bond acceptors (Lipinski definition) is 4. The monoisotopic (exact) mass is 468 g/mol. The van der Waals surface area contributed by atoms with Crippen molar-refractivity contribution in [3.8, 4) is 0 Å². The van der Waals surface area contributed by atoms with Gasteiger partial charge >= 0.3 is 0 Å². The molecule has 2 aliphatic heterocycles. The lowest BCUT2D eigenvalue weighted by atomic mass is 10.1. The highest BCUT2D eigenvalue weighted by atomic mass is 79.9. The molecule has 156 valence electrons. The number of carbonyl (C=O) groups excluding carboxylic acids is 2. The van der Waals surface area contributed by atoms with Crippen LogP contribution in [0.25, 0.3) is 0 Å². The first-order chi connectivity index (χ1) is 14.6. The van der Waals surface area contributed by atoms with Crippen LogP contribution in [0.3, 0.4) is 0 Å². The largest absolute Gasteiger partial charge is 0.335 e. The number of hydrogen-bond donors (Lipinski definition) is 0. The molecule has 1 saturated heterocycles. The standard InChI is InChI=1S/C23H25BrN4O2/c24-19-6-8-20(9-7-19)28-22(29)11-10-21(25-28)23(30)27-16-14-26(15-17-27)13-12-18-4-2-1-3-5-18/h1-9H,10-17H2. The molecule has 0 bridgehead atoms. The molecule has 1 fully saturated rings. The summed E-state index contributed by atoms with van der Waals surface area (Å²) in [5.74, 6) is -0.132. The van der Waals surface area contributed by atoms with E-state index in [-0.39, 0.29) is 11.8 Å². The summed E-state index contributed by atoms with van der Waals surface area (Å²) in [4.78, 5) is 29.6. The molecule has 0 saturated carbocycles. The molecule has 0 spiro atoms. The molecule has 0 aliphatic carbocycles. The van der Waals surface area contributed by atoms with Crippen LogP contribution in [0, 0.1) is 0 Å². The van der Waals surface area contributed by atoms with Crippen molar-refractivity contribution >= 4 is 39.1 Å². The maximum Gasteiger partial charge on any atom is 0.270 e. The highest BCUT2D eigenvalue weighted by molar-refractivity contribution is 9.10. The molecule has 6 nitrogen and oxygen atoms in total. The number of hydrazone groups is 1. The fraction of sp³-hybridized carbons (Fsp3) is 0.348. The van der Waals surface area contributed by atoms with E-state index in [9.17, 15) is 9.59 Å². The molecular weight excluding hydrogens is 444 g/mol. The number of benzene rings is 2. The Morgan fingerprint density at radius 2 is 1.63 bits per heavy atom. The summed E-state index contributed by atoms with van der Waals surface area (Å²) in [6.45, 7) is 4.11. The van der Waals surface area contributed by atoms with Crippen LogP contribution in [0.15, 0.2) is 64.2 Å². The Bertz CT molecular complexity index is 922. The van der Waals surface area contributed by atoms with Crippen LogP contribution in [0.2, 0.25) is 0 Å². The predicted octanol–water partition coefficient (Wildman–Crippen LogP) is 3.32. The smallest absolute Gasteiger partial charge is 0.270 e. The molecule has 0 unspecified atom stereocenters. The zero-order valence-corrected chi connectivity index (χ0v) is 18.4. The zero-order valence-electron chi connectivity index (χ0n) is 16.8. The second-order valence-corrected chi connectivity index (χ2v) is 8.51. The summed E-state index contributed by atoms with van der Waals surface area (Å²) in [5, 5.41) is 5.77. The first-order valence-corrected chi connectivity index (χ1v) is 11.1. The van der Waals surface area contributed by atoms with Crippen molar-refractivity contribution in [1.29, 1.82) is 0 Å². The predicted molar refractivity (Wildman–Crippen MR) is 121 cm³/mol. The maximum atomic E-state index is 13.0.